The number of para-hydroxylation sites is 1. The molecule has 1 N–H and O–H groups in total. The van der Waals surface area contributed by atoms with E-state index in [4.69, 9.17) is 9.84 Å². The molecule has 0 atom stereocenters. The van der Waals surface area contributed by atoms with Crippen LogP contribution in [0.15, 0.2) is 115 Å². The molecule has 0 radical (unpaired) electrons. The molecule has 4 aromatic carbocycles. The predicted octanol–water partition coefficient (Wildman–Crippen LogP) is 6.26. The average Bonchev–Trinajstić information content (AvgIpc) is 3.29. The quantitative estimate of drug-likeness (QED) is 0.269. The summed E-state index contributed by atoms with van der Waals surface area (Å²) in [6.45, 7) is 3.18. The number of carbonyl (C=O) groups is 1. The SMILES string of the molecule is CC(C)(OCc1nn(C(c2ccccc2)(c2ccccc2)c2ccccc2)c2ccccc12)C(=O)O. The van der Waals surface area contributed by atoms with E-state index in [9.17, 15) is 9.90 Å². The Kier molecular flexibility index (Phi) is 6.17. The highest BCUT2D eigenvalue weighted by atomic mass is 16.5. The van der Waals surface area contributed by atoms with Crippen molar-refractivity contribution in [2.45, 2.75) is 31.6 Å². The minimum atomic E-state index is -1.33. The van der Waals surface area contributed by atoms with E-state index in [0.717, 1.165) is 27.6 Å². The van der Waals surface area contributed by atoms with Gasteiger partial charge in [0.15, 0.2) is 5.60 Å². The monoisotopic (exact) mass is 476 g/mol. The summed E-state index contributed by atoms with van der Waals surface area (Å²) < 4.78 is 7.92. The molecule has 5 heteroatoms. The van der Waals surface area contributed by atoms with Gasteiger partial charge in [0.2, 0.25) is 0 Å². The van der Waals surface area contributed by atoms with E-state index in [0.29, 0.717) is 5.69 Å². The number of fused-ring (bicyclic) bond motifs is 1. The van der Waals surface area contributed by atoms with Gasteiger partial charge in [0.25, 0.3) is 0 Å². The highest BCUT2D eigenvalue weighted by Gasteiger charge is 2.41. The maximum Gasteiger partial charge on any atom is 0.335 e. The number of nitrogens with zero attached hydrogens (tertiary/aromatic N) is 2. The summed E-state index contributed by atoms with van der Waals surface area (Å²) >= 11 is 0. The van der Waals surface area contributed by atoms with Crippen LogP contribution in [0.2, 0.25) is 0 Å². The number of hydrogen-bond donors (Lipinski definition) is 1. The first-order chi connectivity index (χ1) is 17.4. The normalized spacial score (nSPS) is 12.1. The van der Waals surface area contributed by atoms with Crippen molar-refractivity contribution in [2.75, 3.05) is 0 Å². The van der Waals surface area contributed by atoms with Crippen molar-refractivity contribution < 1.29 is 14.6 Å². The molecule has 0 aliphatic rings. The summed E-state index contributed by atoms with van der Waals surface area (Å²) in [5.41, 5.74) is 2.70. The van der Waals surface area contributed by atoms with Crippen LogP contribution in [-0.4, -0.2) is 26.5 Å². The fourth-order valence-electron chi connectivity index (χ4n) is 4.71. The maximum absolute atomic E-state index is 11.7. The van der Waals surface area contributed by atoms with Gasteiger partial charge in [-0.25, -0.2) is 9.48 Å². The Hall–Kier alpha value is -4.22. The second kappa shape index (κ2) is 9.44. The molecule has 0 unspecified atom stereocenters. The Bertz CT molecular complexity index is 1380. The lowest BCUT2D eigenvalue weighted by atomic mass is 9.77. The van der Waals surface area contributed by atoms with Crippen LogP contribution in [0.5, 0.6) is 0 Å². The van der Waals surface area contributed by atoms with Gasteiger partial charge in [-0.3, -0.25) is 0 Å². The van der Waals surface area contributed by atoms with Crippen LogP contribution in [0.1, 0.15) is 36.2 Å². The van der Waals surface area contributed by atoms with Crippen LogP contribution in [0.25, 0.3) is 10.9 Å². The fraction of sp³-hybridized carbons (Fsp3) is 0.161. The van der Waals surface area contributed by atoms with E-state index in [1.165, 1.54) is 0 Å². The van der Waals surface area contributed by atoms with Crippen molar-refractivity contribution in [1.29, 1.82) is 0 Å². The van der Waals surface area contributed by atoms with Gasteiger partial charge in [0.1, 0.15) is 5.54 Å². The van der Waals surface area contributed by atoms with Crippen molar-refractivity contribution in [3.05, 3.63) is 138 Å². The zero-order valence-electron chi connectivity index (χ0n) is 20.3. The fourth-order valence-corrected chi connectivity index (χ4v) is 4.71. The second-order valence-corrected chi connectivity index (χ2v) is 9.29. The molecule has 0 saturated carbocycles. The highest BCUT2D eigenvalue weighted by Crippen LogP contribution is 2.42. The lowest BCUT2D eigenvalue weighted by Crippen LogP contribution is -2.38. The Morgan fingerprint density at radius 2 is 1.19 bits per heavy atom. The molecule has 0 spiro atoms. The molecule has 0 saturated heterocycles. The highest BCUT2D eigenvalue weighted by molar-refractivity contribution is 5.83. The molecule has 36 heavy (non-hydrogen) atoms. The molecular formula is C31H28N2O3. The minimum absolute atomic E-state index is 0.0707. The topological polar surface area (TPSA) is 64.4 Å². The van der Waals surface area contributed by atoms with Gasteiger partial charge in [-0.1, -0.05) is 109 Å². The molecular weight excluding hydrogens is 448 g/mol. The summed E-state index contributed by atoms with van der Waals surface area (Å²) in [6, 6.07) is 39.1. The molecule has 5 nitrogen and oxygen atoms in total. The van der Waals surface area contributed by atoms with E-state index in [1.54, 1.807) is 13.8 Å². The van der Waals surface area contributed by atoms with Crippen molar-refractivity contribution in [1.82, 2.24) is 9.78 Å². The third-order valence-corrected chi connectivity index (χ3v) is 6.64. The number of carboxylic acids is 1. The number of aliphatic carboxylic acids is 1. The van der Waals surface area contributed by atoms with Crippen molar-refractivity contribution in [3.63, 3.8) is 0 Å². The molecule has 0 fully saturated rings. The molecule has 0 aliphatic carbocycles. The van der Waals surface area contributed by atoms with Crippen LogP contribution < -0.4 is 0 Å². The van der Waals surface area contributed by atoms with Crippen LogP contribution >= 0.6 is 0 Å². The molecule has 0 bridgehead atoms. The van der Waals surface area contributed by atoms with Crippen molar-refractivity contribution in [3.8, 4) is 0 Å². The third kappa shape index (κ3) is 3.97. The number of hydrogen-bond acceptors (Lipinski definition) is 3. The van der Waals surface area contributed by atoms with Gasteiger partial charge < -0.3 is 9.84 Å². The molecule has 0 aliphatic heterocycles. The van der Waals surface area contributed by atoms with Gasteiger partial charge in [-0.2, -0.15) is 5.10 Å². The van der Waals surface area contributed by atoms with Gasteiger partial charge in [-0.15, -0.1) is 0 Å². The largest absolute Gasteiger partial charge is 0.479 e. The van der Waals surface area contributed by atoms with Gasteiger partial charge >= 0.3 is 5.97 Å². The van der Waals surface area contributed by atoms with Crippen molar-refractivity contribution in [2.24, 2.45) is 0 Å². The Morgan fingerprint density at radius 1 is 0.750 bits per heavy atom. The van der Waals surface area contributed by atoms with Crippen LogP contribution in [0.3, 0.4) is 0 Å². The first-order valence-electron chi connectivity index (χ1n) is 12.0. The average molecular weight is 477 g/mol. The second-order valence-electron chi connectivity index (χ2n) is 9.29. The third-order valence-electron chi connectivity index (χ3n) is 6.64. The van der Waals surface area contributed by atoms with Crippen LogP contribution in [0.4, 0.5) is 0 Å². The number of rotatable bonds is 8. The van der Waals surface area contributed by atoms with E-state index >= 15 is 0 Å². The summed E-state index contributed by atoms with van der Waals surface area (Å²) in [5.74, 6) is -1.02. The number of carboxylic acid groups (broad SMARTS) is 1. The van der Waals surface area contributed by atoms with E-state index in [2.05, 4.69) is 47.1 Å². The summed E-state index contributed by atoms with van der Waals surface area (Å²) in [7, 11) is 0. The predicted molar refractivity (Wildman–Crippen MR) is 141 cm³/mol. The first-order valence-corrected chi connectivity index (χ1v) is 12.0. The van der Waals surface area contributed by atoms with Gasteiger partial charge in [-0.05, 0) is 36.6 Å². The number of ether oxygens (including phenoxy) is 1. The zero-order valence-corrected chi connectivity index (χ0v) is 20.3. The maximum atomic E-state index is 11.7. The van der Waals surface area contributed by atoms with Gasteiger partial charge in [0, 0.05) is 5.39 Å². The lowest BCUT2D eigenvalue weighted by molar-refractivity contribution is -0.162. The molecule has 5 rings (SSSR count). The number of aromatic nitrogens is 2. The Morgan fingerprint density at radius 3 is 1.67 bits per heavy atom. The molecule has 1 heterocycles. The van der Waals surface area contributed by atoms with Crippen LogP contribution in [-0.2, 0) is 21.7 Å². The molecule has 5 aromatic rings. The summed E-state index contributed by atoms with van der Waals surface area (Å²) in [4.78, 5) is 11.7. The Labute approximate surface area is 210 Å². The molecule has 1 aromatic heterocycles. The minimum Gasteiger partial charge on any atom is -0.479 e. The first kappa shape index (κ1) is 23.5. The Balaban J connectivity index is 1.83. The van der Waals surface area contributed by atoms with E-state index in [-0.39, 0.29) is 6.61 Å². The molecule has 180 valence electrons. The van der Waals surface area contributed by atoms with E-state index < -0.39 is 17.1 Å². The van der Waals surface area contributed by atoms with Crippen LogP contribution in [0, 0.1) is 0 Å². The van der Waals surface area contributed by atoms with Crippen molar-refractivity contribution >= 4 is 16.9 Å². The smallest absolute Gasteiger partial charge is 0.335 e. The van der Waals surface area contributed by atoms with Gasteiger partial charge in [0.05, 0.1) is 17.8 Å². The summed E-state index contributed by atoms with van der Waals surface area (Å²) in [6.07, 6.45) is 0. The van der Waals surface area contributed by atoms with E-state index in [1.807, 2.05) is 72.8 Å². The molecule has 0 amide bonds. The lowest BCUT2D eigenvalue weighted by Gasteiger charge is -2.37. The standard InChI is InChI=1S/C31H28N2O3/c1-30(2,29(34)35)36-22-27-26-20-12-13-21-28(26)33(32-27)31(23-14-6-3-7-15-23,24-16-8-4-9-17-24)25-18-10-5-11-19-25/h3-21H,22H2,1-2H3,(H,34,35). The number of benzene rings is 4. The summed E-state index contributed by atoms with van der Waals surface area (Å²) in [5, 5.41) is 15.6. The zero-order chi connectivity index (χ0) is 25.2.